The lowest BCUT2D eigenvalue weighted by Gasteiger charge is -2.34. The van der Waals surface area contributed by atoms with Crippen molar-refractivity contribution in [2.45, 2.75) is 25.2 Å². The molecule has 0 bridgehead atoms. The maximum absolute atomic E-state index is 12.4. The summed E-state index contributed by atoms with van der Waals surface area (Å²) in [6.45, 7) is 2.82. The van der Waals surface area contributed by atoms with Gasteiger partial charge in [0.25, 0.3) is 5.91 Å². The molecule has 1 amide bonds. The topological polar surface area (TPSA) is 68.5 Å². The number of hydrogen-bond acceptors (Lipinski definition) is 4. The number of ether oxygens (including phenoxy) is 1. The first-order valence-corrected chi connectivity index (χ1v) is 6.48. The summed E-state index contributed by atoms with van der Waals surface area (Å²) in [7, 11) is 0. The third-order valence-corrected chi connectivity index (χ3v) is 3.27. The second-order valence-electron chi connectivity index (χ2n) is 4.95. The molecule has 2 atom stereocenters. The molecule has 0 aromatic carbocycles. The standard InChI is InChI=1S/C13H16F3N3O2/c1-8(17)10-7-19(4-5-21-10)12(20)9-2-3-11(18-6-9)13(14,15)16/h2-3,6,8,10H,4-5,7,17H2,1H3. The van der Waals surface area contributed by atoms with Crippen LogP contribution in [0.3, 0.4) is 0 Å². The van der Waals surface area contributed by atoms with Crippen LogP contribution in [-0.2, 0) is 10.9 Å². The molecule has 21 heavy (non-hydrogen) atoms. The number of carbonyl (C=O) groups excluding carboxylic acids is 1. The molecule has 1 fully saturated rings. The Hall–Kier alpha value is -1.67. The molecule has 1 aliphatic rings. The minimum absolute atomic E-state index is 0.119. The zero-order valence-corrected chi connectivity index (χ0v) is 11.4. The van der Waals surface area contributed by atoms with Crippen molar-refractivity contribution in [2.75, 3.05) is 19.7 Å². The molecular weight excluding hydrogens is 287 g/mol. The molecule has 0 aliphatic carbocycles. The van der Waals surface area contributed by atoms with E-state index in [4.69, 9.17) is 10.5 Å². The lowest BCUT2D eigenvalue weighted by atomic mass is 10.1. The van der Waals surface area contributed by atoms with E-state index in [9.17, 15) is 18.0 Å². The fourth-order valence-electron chi connectivity index (χ4n) is 2.05. The number of morpholine rings is 1. The fourth-order valence-corrected chi connectivity index (χ4v) is 2.05. The van der Waals surface area contributed by atoms with Gasteiger partial charge in [-0.2, -0.15) is 13.2 Å². The monoisotopic (exact) mass is 303 g/mol. The van der Waals surface area contributed by atoms with Gasteiger partial charge in [0, 0.05) is 25.3 Å². The van der Waals surface area contributed by atoms with Crippen LogP contribution in [0.25, 0.3) is 0 Å². The number of nitrogens with two attached hydrogens (primary N) is 1. The Kier molecular flexibility index (Phi) is 4.48. The summed E-state index contributed by atoms with van der Waals surface area (Å²) in [6.07, 6.45) is -3.84. The van der Waals surface area contributed by atoms with E-state index in [1.54, 1.807) is 6.92 Å². The van der Waals surface area contributed by atoms with Crippen molar-refractivity contribution < 1.29 is 22.7 Å². The second-order valence-corrected chi connectivity index (χ2v) is 4.95. The van der Waals surface area contributed by atoms with Gasteiger partial charge in [-0.25, -0.2) is 0 Å². The predicted octanol–water partition coefficient (Wildman–Crippen LogP) is 1.29. The number of pyridine rings is 1. The molecule has 0 radical (unpaired) electrons. The van der Waals surface area contributed by atoms with E-state index in [2.05, 4.69) is 4.98 Å². The van der Waals surface area contributed by atoms with Gasteiger partial charge in [-0.1, -0.05) is 0 Å². The zero-order valence-electron chi connectivity index (χ0n) is 11.4. The van der Waals surface area contributed by atoms with Crippen LogP contribution in [-0.4, -0.2) is 47.6 Å². The Morgan fingerprint density at radius 3 is 2.76 bits per heavy atom. The van der Waals surface area contributed by atoms with Crippen LogP contribution >= 0.6 is 0 Å². The summed E-state index contributed by atoms with van der Waals surface area (Å²) in [6, 6.07) is 1.71. The smallest absolute Gasteiger partial charge is 0.373 e. The van der Waals surface area contributed by atoms with Crippen LogP contribution in [0.4, 0.5) is 13.2 Å². The maximum atomic E-state index is 12.4. The number of halogens is 3. The van der Waals surface area contributed by atoms with Gasteiger partial charge in [0.15, 0.2) is 0 Å². The lowest BCUT2D eigenvalue weighted by Crippen LogP contribution is -2.51. The van der Waals surface area contributed by atoms with Crippen LogP contribution in [0.5, 0.6) is 0 Å². The molecule has 0 spiro atoms. The Labute approximate surface area is 119 Å². The van der Waals surface area contributed by atoms with Crippen molar-refractivity contribution in [3.05, 3.63) is 29.6 Å². The summed E-state index contributed by atoms with van der Waals surface area (Å²) >= 11 is 0. The molecule has 116 valence electrons. The second kappa shape index (κ2) is 5.98. The quantitative estimate of drug-likeness (QED) is 0.894. The van der Waals surface area contributed by atoms with Gasteiger partial charge < -0.3 is 15.4 Å². The van der Waals surface area contributed by atoms with Gasteiger partial charge in [0.2, 0.25) is 0 Å². The van der Waals surface area contributed by atoms with Gasteiger partial charge in [0.05, 0.1) is 18.3 Å². The molecule has 5 nitrogen and oxygen atoms in total. The third kappa shape index (κ3) is 3.70. The molecule has 1 aromatic rings. The van der Waals surface area contributed by atoms with Crippen molar-refractivity contribution >= 4 is 5.91 Å². The molecule has 2 unspecified atom stereocenters. The summed E-state index contributed by atoms with van der Waals surface area (Å²) in [4.78, 5) is 17.0. The molecule has 8 heteroatoms. The van der Waals surface area contributed by atoms with Crippen molar-refractivity contribution in [2.24, 2.45) is 5.73 Å². The maximum Gasteiger partial charge on any atom is 0.433 e. The molecule has 2 rings (SSSR count). The number of rotatable bonds is 2. The summed E-state index contributed by atoms with van der Waals surface area (Å²) in [5, 5.41) is 0. The van der Waals surface area contributed by atoms with E-state index in [1.165, 1.54) is 4.90 Å². The van der Waals surface area contributed by atoms with Crippen molar-refractivity contribution in [3.8, 4) is 0 Å². The third-order valence-electron chi connectivity index (χ3n) is 3.27. The van der Waals surface area contributed by atoms with Gasteiger partial charge in [-0.3, -0.25) is 9.78 Å². The van der Waals surface area contributed by atoms with Crippen molar-refractivity contribution in [1.82, 2.24) is 9.88 Å². The summed E-state index contributed by atoms with van der Waals surface area (Å²) in [5.41, 5.74) is 4.84. The number of alkyl halides is 3. The highest BCUT2D eigenvalue weighted by Crippen LogP contribution is 2.27. The van der Waals surface area contributed by atoms with Crippen LogP contribution < -0.4 is 5.73 Å². The van der Waals surface area contributed by atoms with Gasteiger partial charge in [-0.15, -0.1) is 0 Å². The summed E-state index contributed by atoms with van der Waals surface area (Å²) in [5.74, 6) is -0.370. The first-order valence-electron chi connectivity index (χ1n) is 6.48. The fraction of sp³-hybridized carbons (Fsp3) is 0.538. The van der Waals surface area contributed by atoms with E-state index in [0.717, 1.165) is 18.3 Å². The first kappa shape index (κ1) is 15.7. The molecular formula is C13H16F3N3O2. The van der Waals surface area contributed by atoms with E-state index in [1.807, 2.05) is 0 Å². The minimum Gasteiger partial charge on any atom is -0.373 e. The summed E-state index contributed by atoms with van der Waals surface area (Å²) < 4.78 is 42.7. The molecule has 2 N–H and O–H groups in total. The molecule has 0 saturated carbocycles. The zero-order chi connectivity index (χ0) is 15.6. The highest BCUT2D eigenvalue weighted by Gasteiger charge is 2.33. The van der Waals surface area contributed by atoms with Crippen LogP contribution in [0.2, 0.25) is 0 Å². The van der Waals surface area contributed by atoms with Gasteiger partial charge >= 0.3 is 6.18 Å². The van der Waals surface area contributed by atoms with Gasteiger partial charge in [0.1, 0.15) is 5.69 Å². The number of carbonyl (C=O) groups is 1. The predicted molar refractivity (Wildman–Crippen MR) is 68.5 cm³/mol. The van der Waals surface area contributed by atoms with Gasteiger partial charge in [-0.05, 0) is 19.1 Å². The number of amides is 1. The first-order chi connectivity index (χ1) is 9.79. The van der Waals surface area contributed by atoms with Crippen molar-refractivity contribution in [3.63, 3.8) is 0 Å². The van der Waals surface area contributed by atoms with E-state index in [-0.39, 0.29) is 23.6 Å². The average Bonchev–Trinajstić information content (AvgIpc) is 2.46. The molecule has 1 saturated heterocycles. The molecule has 2 heterocycles. The highest BCUT2D eigenvalue weighted by atomic mass is 19.4. The molecule has 1 aliphatic heterocycles. The Morgan fingerprint density at radius 2 is 2.24 bits per heavy atom. The number of hydrogen-bond donors (Lipinski definition) is 1. The van der Waals surface area contributed by atoms with Crippen LogP contribution in [0.1, 0.15) is 23.0 Å². The van der Waals surface area contributed by atoms with E-state index in [0.29, 0.717) is 19.7 Å². The average molecular weight is 303 g/mol. The van der Waals surface area contributed by atoms with Crippen LogP contribution in [0, 0.1) is 0 Å². The van der Waals surface area contributed by atoms with E-state index >= 15 is 0 Å². The largest absolute Gasteiger partial charge is 0.433 e. The lowest BCUT2D eigenvalue weighted by molar-refractivity contribution is -0.141. The van der Waals surface area contributed by atoms with Crippen molar-refractivity contribution in [1.29, 1.82) is 0 Å². The van der Waals surface area contributed by atoms with Crippen LogP contribution in [0.15, 0.2) is 18.3 Å². The number of aromatic nitrogens is 1. The Balaban J connectivity index is 2.09. The Morgan fingerprint density at radius 1 is 1.52 bits per heavy atom. The van der Waals surface area contributed by atoms with E-state index < -0.39 is 11.9 Å². The normalized spacial score (nSPS) is 21.2. The Bertz CT molecular complexity index is 502. The minimum atomic E-state index is -4.51. The molecule has 1 aromatic heterocycles. The number of nitrogens with zero attached hydrogens (tertiary/aromatic N) is 2. The SMILES string of the molecule is CC(N)C1CN(C(=O)c2ccc(C(F)(F)F)nc2)CCO1. The highest BCUT2D eigenvalue weighted by molar-refractivity contribution is 5.94.